The summed E-state index contributed by atoms with van der Waals surface area (Å²) in [5, 5.41) is 1.89. The molecule has 0 saturated carbocycles. The van der Waals surface area contributed by atoms with E-state index in [0.717, 1.165) is 22.3 Å². The minimum absolute atomic E-state index is 0.0610. The Labute approximate surface area is 184 Å². The SMILES string of the molecule is CCn1c(=O)c(C(=O)CN2CCCCC2C(=O)N(C)C)c(N)n(Cc2cccs2)c1=O. The van der Waals surface area contributed by atoms with Crippen LogP contribution in [0.15, 0.2) is 27.1 Å². The Kier molecular flexibility index (Phi) is 7.11. The topological polar surface area (TPSA) is 111 Å². The van der Waals surface area contributed by atoms with Gasteiger partial charge in [-0.2, -0.15) is 0 Å². The molecule has 10 heteroatoms. The molecule has 2 aromatic heterocycles. The molecule has 0 bridgehead atoms. The molecule has 0 aliphatic carbocycles. The number of anilines is 1. The van der Waals surface area contributed by atoms with Crippen LogP contribution in [0.2, 0.25) is 0 Å². The lowest BCUT2D eigenvalue weighted by Crippen LogP contribution is -2.51. The van der Waals surface area contributed by atoms with Crippen molar-refractivity contribution in [1.29, 1.82) is 0 Å². The van der Waals surface area contributed by atoms with E-state index in [1.807, 2.05) is 22.4 Å². The lowest BCUT2D eigenvalue weighted by molar-refractivity contribution is -0.135. The van der Waals surface area contributed by atoms with Gasteiger partial charge in [-0.1, -0.05) is 12.5 Å². The third-order valence-corrected chi connectivity index (χ3v) is 6.50. The number of nitrogens with zero attached hydrogens (tertiary/aromatic N) is 4. The van der Waals surface area contributed by atoms with E-state index < -0.39 is 23.1 Å². The molecule has 0 spiro atoms. The second kappa shape index (κ2) is 9.61. The molecule has 3 heterocycles. The van der Waals surface area contributed by atoms with Gasteiger partial charge in [0.05, 0.1) is 19.1 Å². The highest BCUT2D eigenvalue weighted by molar-refractivity contribution is 7.09. The second-order valence-corrected chi connectivity index (χ2v) is 8.93. The van der Waals surface area contributed by atoms with Crippen LogP contribution >= 0.6 is 11.3 Å². The second-order valence-electron chi connectivity index (χ2n) is 7.90. The molecule has 0 aromatic carbocycles. The molecule has 1 amide bonds. The molecule has 1 fully saturated rings. The first-order valence-corrected chi connectivity index (χ1v) is 11.3. The van der Waals surface area contributed by atoms with Crippen LogP contribution in [-0.2, 0) is 17.9 Å². The van der Waals surface area contributed by atoms with E-state index in [1.54, 1.807) is 21.0 Å². The van der Waals surface area contributed by atoms with Gasteiger partial charge in [0.25, 0.3) is 5.56 Å². The summed E-state index contributed by atoms with van der Waals surface area (Å²) in [4.78, 5) is 55.8. The monoisotopic (exact) mass is 447 g/mol. The molecule has 9 nitrogen and oxygen atoms in total. The zero-order valence-electron chi connectivity index (χ0n) is 18.2. The summed E-state index contributed by atoms with van der Waals surface area (Å²) in [6, 6.07) is 3.32. The maximum absolute atomic E-state index is 13.3. The summed E-state index contributed by atoms with van der Waals surface area (Å²) in [6.45, 7) is 2.50. The molecule has 1 atom stereocenters. The average Bonchev–Trinajstić information content (AvgIpc) is 3.24. The number of likely N-dealkylation sites (tertiary alicyclic amines) is 1. The molecule has 2 N–H and O–H groups in total. The number of carbonyl (C=O) groups excluding carboxylic acids is 2. The minimum atomic E-state index is -0.676. The van der Waals surface area contributed by atoms with Crippen LogP contribution in [0, 0.1) is 0 Å². The lowest BCUT2D eigenvalue weighted by atomic mass is 10.00. The minimum Gasteiger partial charge on any atom is -0.384 e. The fraction of sp³-hybridized carbons (Fsp3) is 0.524. The highest BCUT2D eigenvalue weighted by Crippen LogP contribution is 2.20. The summed E-state index contributed by atoms with van der Waals surface area (Å²) in [7, 11) is 3.38. The van der Waals surface area contributed by atoms with E-state index in [-0.39, 0.29) is 36.9 Å². The first kappa shape index (κ1) is 23.0. The molecule has 3 rings (SSSR count). The number of piperidine rings is 1. The van der Waals surface area contributed by atoms with Gasteiger partial charge in [0.1, 0.15) is 11.4 Å². The van der Waals surface area contributed by atoms with E-state index in [9.17, 15) is 19.2 Å². The van der Waals surface area contributed by atoms with Gasteiger partial charge in [-0.15, -0.1) is 11.3 Å². The van der Waals surface area contributed by atoms with Gasteiger partial charge in [0.15, 0.2) is 5.78 Å². The molecule has 1 aliphatic rings. The standard InChI is InChI=1S/C21H29N5O4S/c1-4-25-20(29)17(18(22)26(21(25)30)12-14-8-7-11-31-14)16(27)13-24-10-6-5-9-15(24)19(28)23(2)3/h7-8,11,15H,4-6,9-10,12-13,22H2,1-3H3. The summed E-state index contributed by atoms with van der Waals surface area (Å²) in [5.41, 5.74) is 4.82. The molecule has 1 saturated heterocycles. The fourth-order valence-electron chi connectivity index (χ4n) is 3.99. The predicted molar refractivity (Wildman–Crippen MR) is 121 cm³/mol. The van der Waals surface area contributed by atoms with E-state index >= 15 is 0 Å². The first-order chi connectivity index (χ1) is 14.8. The zero-order chi connectivity index (χ0) is 22.7. The van der Waals surface area contributed by atoms with E-state index in [0.29, 0.717) is 13.0 Å². The molecule has 1 aliphatic heterocycles. The molecule has 168 valence electrons. The Morgan fingerprint density at radius 1 is 1.23 bits per heavy atom. The van der Waals surface area contributed by atoms with E-state index in [1.165, 1.54) is 20.8 Å². The molecular formula is C21H29N5O4S. The first-order valence-electron chi connectivity index (χ1n) is 10.4. The number of Topliss-reactive ketones (excluding diaryl/α,β-unsaturated/α-hetero) is 1. The Bertz CT molecular complexity index is 1070. The number of thiophene rings is 1. The predicted octanol–water partition coefficient (Wildman–Crippen LogP) is 0.847. The van der Waals surface area contributed by atoms with Crippen molar-refractivity contribution in [3.63, 3.8) is 0 Å². The van der Waals surface area contributed by atoms with Crippen LogP contribution in [0.4, 0.5) is 5.82 Å². The van der Waals surface area contributed by atoms with Crippen molar-refractivity contribution in [2.24, 2.45) is 0 Å². The van der Waals surface area contributed by atoms with Gasteiger partial charge < -0.3 is 10.6 Å². The van der Waals surface area contributed by atoms with Crippen LogP contribution < -0.4 is 17.0 Å². The van der Waals surface area contributed by atoms with E-state index in [2.05, 4.69) is 0 Å². The van der Waals surface area contributed by atoms with Gasteiger partial charge in [-0.3, -0.25) is 28.4 Å². The van der Waals surface area contributed by atoms with Crippen molar-refractivity contribution in [3.8, 4) is 0 Å². The molecule has 31 heavy (non-hydrogen) atoms. The van der Waals surface area contributed by atoms with Gasteiger partial charge in [-0.05, 0) is 37.8 Å². The largest absolute Gasteiger partial charge is 0.384 e. The third kappa shape index (κ3) is 4.64. The Morgan fingerprint density at radius 3 is 2.58 bits per heavy atom. The Balaban J connectivity index is 1.99. The normalized spacial score (nSPS) is 16.9. The average molecular weight is 448 g/mol. The number of hydrogen-bond donors (Lipinski definition) is 1. The summed E-state index contributed by atoms with van der Waals surface area (Å²) < 4.78 is 2.32. The maximum Gasteiger partial charge on any atom is 0.332 e. The van der Waals surface area contributed by atoms with Crippen molar-refractivity contribution < 1.29 is 9.59 Å². The number of ketones is 1. The number of hydrogen-bond acceptors (Lipinski definition) is 7. The van der Waals surface area contributed by atoms with Crippen molar-refractivity contribution >= 4 is 28.8 Å². The third-order valence-electron chi connectivity index (χ3n) is 5.64. The van der Waals surface area contributed by atoms with Crippen molar-refractivity contribution in [2.75, 3.05) is 32.9 Å². The fourth-order valence-corrected chi connectivity index (χ4v) is 4.68. The van der Waals surface area contributed by atoms with Crippen molar-refractivity contribution in [2.45, 2.75) is 45.3 Å². The number of aromatic nitrogens is 2. The smallest absolute Gasteiger partial charge is 0.332 e. The number of amides is 1. The van der Waals surface area contributed by atoms with Crippen LogP contribution in [0.3, 0.4) is 0 Å². The number of carbonyl (C=O) groups is 2. The van der Waals surface area contributed by atoms with Gasteiger partial charge in [0, 0.05) is 25.5 Å². The number of nitrogen functional groups attached to an aromatic ring is 1. The summed E-state index contributed by atoms with van der Waals surface area (Å²) >= 11 is 1.46. The van der Waals surface area contributed by atoms with Gasteiger partial charge >= 0.3 is 5.69 Å². The zero-order valence-corrected chi connectivity index (χ0v) is 19.0. The summed E-state index contributed by atoms with van der Waals surface area (Å²) in [6.07, 6.45) is 2.44. The van der Waals surface area contributed by atoms with Crippen LogP contribution in [0.25, 0.3) is 0 Å². The number of likely N-dealkylation sites (N-methyl/N-ethyl adjacent to an activating group) is 1. The van der Waals surface area contributed by atoms with Crippen LogP contribution in [0.1, 0.15) is 41.4 Å². The highest BCUT2D eigenvalue weighted by Gasteiger charge is 2.32. The Hall–Kier alpha value is -2.72. The molecule has 2 aromatic rings. The summed E-state index contributed by atoms with van der Waals surface area (Å²) in [5.74, 6) is -0.650. The van der Waals surface area contributed by atoms with Gasteiger partial charge in [-0.25, -0.2) is 4.79 Å². The highest BCUT2D eigenvalue weighted by atomic mass is 32.1. The number of nitrogens with two attached hydrogens (primary N) is 1. The van der Waals surface area contributed by atoms with Gasteiger partial charge in [0.2, 0.25) is 5.91 Å². The van der Waals surface area contributed by atoms with Crippen molar-refractivity contribution in [1.82, 2.24) is 18.9 Å². The van der Waals surface area contributed by atoms with Crippen molar-refractivity contribution in [3.05, 3.63) is 48.8 Å². The van der Waals surface area contributed by atoms with E-state index in [4.69, 9.17) is 5.73 Å². The lowest BCUT2D eigenvalue weighted by Gasteiger charge is -2.35. The van der Waals surface area contributed by atoms with Crippen LogP contribution in [-0.4, -0.2) is 63.9 Å². The maximum atomic E-state index is 13.3. The molecule has 1 unspecified atom stereocenters. The molecule has 0 radical (unpaired) electrons. The Morgan fingerprint density at radius 2 is 1.97 bits per heavy atom. The quantitative estimate of drug-likeness (QED) is 0.630. The molecular weight excluding hydrogens is 418 g/mol. The number of rotatable bonds is 7. The van der Waals surface area contributed by atoms with Crippen LogP contribution in [0.5, 0.6) is 0 Å².